The van der Waals surface area contributed by atoms with Crippen molar-refractivity contribution < 1.29 is 23.8 Å². The Morgan fingerprint density at radius 3 is 2.22 bits per heavy atom. The molecule has 0 amide bonds. The molecule has 27 heavy (non-hydrogen) atoms. The van der Waals surface area contributed by atoms with Crippen molar-refractivity contribution >= 4 is 38.6 Å². The summed E-state index contributed by atoms with van der Waals surface area (Å²) in [7, 11) is 2.88. The minimum Gasteiger partial charge on any atom is -0.497 e. The van der Waals surface area contributed by atoms with Gasteiger partial charge in [0.1, 0.15) is 11.5 Å². The molecule has 3 aromatic rings. The Labute approximate surface area is 165 Å². The minimum absolute atomic E-state index is 0.276. The van der Waals surface area contributed by atoms with Gasteiger partial charge in [0.2, 0.25) is 0 Å². The van der Waals surface area contributed by atoms with Crippen molar-refractivity contribution in [2.24, 2.45) is 0 Å². The van der Waals surface area contributed by atoms with Crippen LogP contribution in [-0.4, -0.2) is 26.2 Å². The summed E-state index contributed by atoms with van der Waals surface area (Å²) in [4.78, 5) is 24.1. The lowest BCUT2D eigenvalue weighted by molar-refractivity contribution is -0.131. The fourth-order valence-electron chi connectivity index (χ4n) is 2.94. The normalized spacial score (nSPS) is 10.5. The van der Waals surface area contributed by atoms with Gasteiger partial charge < -0.3 is 14.2 Å². The summed E-state index contributed by atoms with van der Waals surface area (Å²) in [5.41, 5.74) is 1.85. The summed E-state index contributed by atoms with van der Waals surface area (Å²) < 4.78 is 16.6. The predicted octanol–water partition coefficient (Wildman–Crippen LogP) is 4.99. The van der Waals surface area contributed by atoms with Gasteiger partial charge in [0.05, 0.1) is 19.8 Å². The topological polar surface area (TPSA) is 61.8 Å². The number of hydrogen-bond acceptors (Lipinski definition) is 5. The molecule has 3 aromatic carbocycles. The number of hydrogen-bond donors (Lipinski definition) is 0. The highest BCUT2D eigenvalue weighted by molar-refractivity contribution is 9.10. The Bertz CT molecular complexity index is 1020. The fourth-order valence-corrected chi connectivity index (χ4v) is 3.20. The third kappa shape index (κ3) is 3.80. The van der Waals surface area contributed by atoms with Gasteiger partial charge in [0, 0.05) is 22.3 Å². The van der Waals surface area contributed by atoms with Crippen molar-refractivity contribution in [1.29, 1.82) is 0 Å². The molecule has 0 unspecified atom stereocenters. The molecule has 0 N–H and O–H groups in total. The van der Waals surface area contributed by atoms with Crippen LogP contribution in [0, 0.1) is 0 Å². The zero-order valence-corrected chi connectivity index (χ0v) is 16.6. The molecule has 5 nitrogen and oxygen atoms in total. The van der Waals surface area contributed by atoms with Crippen molar-refractivity contribution in [3.8, 4) is 22.6 Å². The van der Waals surface area contributed by atoms with E-state index in [0.29, 0.717) is 22.3 Å². The van der Waals surface area contributed by atoms with Crippen LogP contribution in [0.5, 0.6) is 11.5 Å². The van der Waals surface area contributed by atoms with Crippen LogP contribution >= 0.6 is 15.9 Å². The number of carbonyl (C=O) groups is 2. The lowest BCUT2D eigenvalue weighted by Crippen LogP contribution is -2.08. The smallest absolute Gasteiger partial charge is 0.338 e. The highest BCUT2D eigenvalue weighted by Crippen LogP contribution is 2.40. The van der Waals surface area contributed by atoms with Gasteiger partial charge in [-0.15, -0.1) is 0 Å². The van der Waals surface area contributed by atoms with Crippen LogP contribution in [0.1, 0.15) is 17.3 Å². The Morgan fingerprint density at radius 2 is 1.63 bits per heavy atom. The SMILES string of the molecule is COC(=O)c1cc(OC(C)=O)c2cc(OC)ccc2c1-c1ccc(Br)cc1. The third-order valence-electron chi connectivity index (χ3n) is 4.10. The number of ether oxygens (including phenoxy) is 3. The number of benzene rings is 3. The average molecular weight is 429 g/mol. The van der Waals surface area contributed by atoms with Crippen LogP contribution in [0.3, 0.4) is 0 Å². The molecule has 0 saturated heterocycles. The van der Waals surface area contributed by atoms with Crippen LogP contribution < -0.4 is 9.47 Å². The highest BCUT2D eigenvalue weighted by Gasteiger charge is 2.21. The van der Waals surface area contributed by atoms with Crippen molar-refractivity contribution in [1.82, 2.24) is 0 Å². The minimum atomic E-state index is -0.515. The first-order valence-corrected chi connectivity index (χ1v) is 8.91. The first kappa shape index (κ1) is 18.9. The molecule has 0 radical (unpaired) electrons. The number of rotatable bonds is 4. The lowest BCUT2D eigenvalue weighted by atomic mass is 9.92. The zero-order chi connectivity index (χ0) is 19.6. The largest absolute Gasteiger partial charge is 0.497 e. The molecule has 138 valence electrons. The summed E-state index contributed by atoms with van der Waals surface area (Å²) in [6.45, 7) is 1.31. The molecular weight excluding hydrogens is 412 g/mol. The van der Waals surface area contributed by atoms with E-state index < -0.39 is 11.9 Å². The second kappa shape index (κ2) is 7.80. The summed E-state index contributed by atoms with van der Waals surface area (Å²) in [5, 5.41) is 1.41. The van der Waals surface area contributed by atoms with E-state index in [1.165, 1.54) is 20.1 Å². The van der Waals surface area contributed by atoms with Gasteiger partial charge in [-0.2, -0.15) is 0 Å². The van der Waals surface area contributed by atoms with Crippen molar-refractivity contribution in [2.45, 2.75) is 6.92 Å². The number of halogens is 1. The quantitative estimate of drug-likeness (QED) is 0.432. The molecule has 0 saturated carbocycles. The highest BCUT2D eigenvalue weighted by atomic mass is 79.9. The number of fused-ring (bicyclic) bond motifs is 1. The standard InChI is InChI=1S/C21H17BrO5/c1-12(23)27-19-11-18(21(24)26-3)20(13-4-6-14(22)7-5-13)16-9-8-15(25-2)10-17(16)19/h4-11H,1-3H3. The third-order valence-corrected chi connectivity index (χ3v) is 4.63. The van der Waals surface area contributed by atoms with Crippen molar-refractivity contribution in [3.63, 3.8) is 0 Å². The van der Waals surface area contributed by atoms with Gasteiger partial charge in [-0.25, -0.2) is 4.79 Å². The van der Waals surface area contributed by atoms with E-state index in [1.807, 2.05) is 30.3 Å². The molecule has 0 heterocycles. The second-order valence-electron chi connectivity index (χ2n) is 5.80. The first-order chi connectivity index (χ1) is 12.9. The molecule has 0 atom stereocenters. The number of carbonyl (C=O) groups excluding carboxylic acids is 2. The van der Waals surface area contributed by atoms with Crippen LogP contribution in [0.4, 0.5) is 0 Å². The van der Waals surface area contributed by atoms with E-state index >= 15 is 0 Å². The van der Waals surface area contributed by atoms with Crippen molar-refractivity contribution in [2.75, 3.05) is 14.2 Å². The van der Waals surface area contributed by atoms with Crippen LogP contribution in [-0.2, 0) is 9.53 Å². The Balaban J connectivity index is 2.41. The van der Waals surface area contributed by atoms with Gasteiger partial charge in [-0.3, -0.25) is 4.79 Å². The monoisotopic (exact) mass is 428 g/mol. The molecule has 0 aliphatic heterocycles. The van der Waals surface area contributed by atoms with Gasteiger partial charge in [0.25, 0.3) is 0 Å². The van der Waals surface area contributed by atoms with E-state index in [1.54, 1.807) is 19.2 Å². The van der Waals surface area contributed by atoms with Crippen LogP contribution in [0.25, 0.3) is 21.9 Å². The average Bonchev–Trinajstić information content (AvgIpc) is 2.67. The molecule has 6 heteroatoms. The summed E-state index contributed by atoms with van der Waals surface area (Å²) in [6.07, 6.45) is 0. The molecule has 0 bridgehead atoms. The van der Waals surface area contributed by atoms with E-state index in [2.05, 4.69) is 15.9 Å². The molecule has 0 aliphatic carbocycles. The van der Waals surface area contributed by atoms with Crippen LogP contribution in [0.2, 0.25) is 0 Å². The molecular formula is C21H17BrO5. The summed E-state index contributed by atoms with van der Waals surface area (Å²) in [5.74, 6) is -0.105. The maximum absolute atomic E-state index is 12.5. The second-order valence-corrected chi connectivity index (χ2v) is 6.72. The van der Waals surface area contributed by atoms with E-state index in [4.69, 9.17) is 14.2 Å². The van der Waals surface area contributed by atoms with Gasteiger partial charge in [-0.1, -0.05) is 28.1 Å². The molecule has 0 aromatic heterocycles. The van der Waals surface area contributed by atoms with Gasteiger partial charge in [0.15, 0.2) is 0 Å². The first-order valence-electron chi connectivity index (χ1n) is 8.12. The summed E-state index contributed by atoms with van der Waals surface area (Å²) in [6, 6.07) is 14.5. The Kier molecular flexibility index (Phi) is 5.46. The molecule has 3 rings (SSSR count). The van der Waals surface area contributed by atoms with Gasteiger partial charge >= 0.3 is 11.9 Å². The predicted molar refractivity (Wildman–Crippen MR) is 106 cm³/mol. The lowest BCUT2D eigenvalue weighted by Gasteiger charge is -2.16. The molecule has 0 aliphatic rings. The Morgan fingerprint density at radius 1 is 0.926 bits per heavy atom. The number of esters is 2. The fraction of sp³-hybridized carbons (Fsp3) is 0.143. The maximum atomic E-state index is 12.5. The van der Waals surface area contributed by atoms with Crippen LogP contribution in [0.15, 0.2) is 53.0 Å². The molecule has 0 fully saturated rings. The Hall–Kier alpha value is -2.86. The maximum Gasteiger partial charge on any atom is 0.338 e. The van der Waals surface area contributed by atoms with E-state index in [9.17, 15) is 9.59 Å². The van der Waals surface area contributed by atoms with Gasteiger partial charge in [-0.05, 0) is 47.3 Å². The van der Waals surface area contributed by atoms with E-state index in [-0.39, 0.29) is 5.75 Å². The molecule has 0 spiro atoms. The zero-order valence-electron chi connectivity index (χ0n) is 15.0. The number of methoxy groups -OCH3 is 2. The van der Waals surface area contributed by atoms with Crippen molar-refractivity contribution in [3.05, 3.63) is 58.6 Å². The summed E-state index contributed by atoms with van der Waals surface area (Å²) >= 11 is 3.42. The van der Waals surface area contributed by atoms with E-state index in [0.717, 1.165) is 15.4 Å².